The molecule has 0 bridgehead atoms. The number of hydrogen-bond acceptors (Lipinski definition) is 2. The van der Waals surface area contributed by atoms with E-state index in [9.17, 15) is 18.0 Å². The molecule has 0 fully saturated rings. The number of ketones is 1. The van der Waals surface area contributed by atoms with Gasteiger partial charge >= 0.3 is 0 Å². The van der Waals surface area contributed by atoms with E-state index in [0.29, 0.717) is 18.3 Å². The van der Waals surface area contributed by atoms with Gasteiger partial charge in [0.2, 0.25) is 0 Å². The number of carbonyl (C=O) groups excluding carboxylic acids is 1. The lowest BCUT2D eigenvalue weighted by molar-refractivity contribution is 0.0995. The fraction of sp³-hybridized carbons (Fsp3) is 0.188. The quantitative estimate of drug-likeness (QED) is 0.781. The third-order valence-electron chi connectivity index (χ3n) is 3.14. The molecule has 110 valence electrons. The van der Waals surface area contributed by atoms with Gasteiger partial charge in [0.25, 0.3) is 0 Å². The Labute approximate surface area is 120 Å². The van der Waals surface area contributed by atoms with Gasteiger partial charge in [0, 0.05) is 18.3 Å². The third kappa shape index (κ3) is 3.62. The van der Waals surface area contributed by atoms with Gasteiger partial charge in [0.1, 0.15) is 17.5 Å². The summed E-state index contributed by atoms with van der Waals surface area (Å²) >= 11 is 0. The molecule has 2 rings (SSSR count). The second-order valence-corrected chi connectivity index (χ2v) is 4.54. The zero-order chi connectivity index (χ0) is 15.4. The number of halogens is 3. The maximum absolute atomic E-state index is 13.6. The Morgan fingerprint density at radius 1 is 1.00 bits per heavy atom. The molecule has 2 aromatic carbocycles. The Morgan fingerprint density at radius 3 is 2.19 bits per heavy atom. The van der Waals surface area contributed by atoms with Crippen LogP contribution in [0.5, 0.6) is 0 Å². The molecule has 5 heteroatoms. The average molecular weight is 293 g/mol. The first-order chi connectivity index (χ1) is 10.0. The topological polar surface area (TPSA) is 20.3 Å². The molecule has 0 N–H and O–H groups in total. The van der Waals surface area contributed by atoms with Crippen molar-refractivity contribution >= 4 is 11.5 Å². The standard InChI is InChI=1S/C16H14F3NO/c1-2-20(13-6-3-11(17)4-7-13)10-16(21)14-8-5-12(18)9-15(14)19/h3-9H,2,10H2,1H3. The monoisotopic (exact) mass is 293 g/mol. The van der Waals surface area contributed by atoms with Crippen molar-refractivity contribution in [3.05, 3.63) is 65.5 Å². The molecular weight excluding hydrogens is 279 g/mol. The second kappa shape index (κ2) is 6.43. The summed E-state index contributed by atoms with van der Waals surface area (Å²) in [6.45, 7) is 2.27. The van der Waals surface area contributed by atoms with Crippen molar-refractivity contribution in [1.82, 2.24) is 0 Å². The molecule has 2 nitrogen and oxygen atoms in total. The molecule has 0 atom stereocenters. The number of benzene rings is 2. The van der Waals surface area contributed by atoms with Crippen molar-refractivity contribution in [2.75, 3.05) is 18.0 Å². The molecule has 0 heterocycles. The number of Topliss-reactive ketones (excluding diaryl/α,β-unsaturated/α-hetero) is 1. The van der Waals surface area contributed by atoms with Crippen molar-refractivity contribution in [3.63, 3.8) is 0 Å². The summed E-state index contributed by atoms with van der Waals surface area (Å²) in [7, 11) is 0. The molecule has 0 aliphatic heterocycles. The number of likely N-dealkylation sites (N-methyl/N-ethyl adjacent to an activating group) is 1. The zero-order valence-electron chi connectivity index (χ0n) is 11.4. The van der Waals surface area contributed by atoms with Crippen LogP contribution in [-0.4, -0.2) is 18.9 Å². The number of anilines is 1. The van der Waals surface area contributed by atoms with Crippen LogP contribution in [0.2, 0.25) is 0 Å². The molecular formula is C16H14F3NO. The molecule has 0 spiro atoms. The van der Waals surface area contributed by atoms with E-state index in [-0.39, 0.29) is 17.9 Å². The van der Waals surface area contributed by atoms with Crippen LogP contribution >= 0.6 is 0 Å². The highest BCUT2D eigenvalue weighted by Crippen LogP contribution is 2.17. The number of rotatable bonds is 5. The molecule has 0 unspecified atom stereocenters. The third-order valence-corrected chi connectivity index (χ3v) is 3.14. The summed E-state index contributed by atoms with van der Waals surface area (Å²) in [4.78, 5) is 13.8. The lowest BCUT2D eigenvalue weighted by Crippen LogP contribution is -2.30. The SMILES string of the molecule is CCN(CC(=O)c1ccc(F)cc1F)c1ccc(F)cc1. The molecule has 2 aromatic rings. The maximum Gasteiger partial charge on any atom is 0.185 e. The Balaban J connectivity index is 2.18. The van der Waals surface area contributed by atoms with Crippen LogP contribution in [0, 0.1) is 17.5 Å². The molecule has 0 aliphatic carbocycles. The Bertz CT molecular complexity index is 640. The average Bonchev–Trinajstić information content (AvgIpc) is 2.45. The molecule has 0 amide bonds. The lowest BCUT2D eigenvalue weighted by Gasteiger charge is -2.22. The van der Waals surface area contributed by atoms with Crippen LogP contribution in [-0.2, 0) is 0 Å². The van der Waals surface area contributed by atoms with E-state index in [0.717, 1.165) is 12.1 Å². The van der Waals surface area contributed by atoms with Gasteiger partial charge in [-0.1, -0.05) is 0 Å². The number of nitrogens with zero attached hydrogens (tertiary/aromatic N) is 1. The van der Waals surface area contributed by atoms with E-state index in [4.69, 9.17) is 0 Å². The summed E-state index contributed by atoms with van der Waals surface area (Å²) in [5.41, 5.74) is 0.506. The first kappa shape index (κ1) is 15.1. The molecule has 0 radical (unpaired) electrons. The highest BCUT2D eigenvalue weighted by Gasteiger charge is 2.16. The van der Waals surface area contributed by atoms with E-state index in [1.807, 2.05) is 6.92 Å². The van der Waals surface area contributed by atoms with Crippen molar-refractivity contribution < 1.29 is 18.0 Å². The Hall–Kier alpha value is -2.30. The van der Waals surface area contributed by atoms with Gasteiger partial charge in [-0.05, 0) is 43.3 Å². The summed E-state index contributed by atoms with van der Waals surface area (Å²) in [6.07, 6.45) is 0. The minimum absolute atomic E-state index is 0.0648. The van der Waals surface area contributed by atoms with Crippen LogP contribution in [0.15, 0.2) is 42.5 Å². The Kier molecular flexibility index (Phi) is 4.62. The molecule has 0 aromatic heterocycles. The predicted molar refractivity (Wildman–Crippen MR) is 75.0 cm³/mol. The van der Waals surface area contributed by atoms with Crippen LogP contribution < -0.4 is 4.90 Å². The van der Waals surface area contributed by atoms with E-state index in [2.05, 4.69) is 0 Å². The molecule has 0 saturated carbocycles. The predicted octanol–water partition coefficient (Wildman–Crippen LogP) is 3.81. The fourth-order valence-corrected chi connectivity index (χ4v) is 2.01. The summed E-state index contributed by atoms with van der Waals surface area (Å²) in [5.74, 6) is -2.44. The lowest BCUT2D eigenvalue weighted by atomic mass is 10.1. The van der Waals surface area contributed by atoms with Gasteiger partial charge in [-0.25, -0.2) is 13.2 Å². The minimum atomic E-state index is -0.879. The summed E-state index contributed by atoms with van der Waals surface area (Å²) in [6, 6.07) is 8.54. The van der Waals surface area contributed by atoms with Gasteiger partial charge in [-0.2, -0.15) is 0 Å². The highest BCUT2D eigenvalue weighted by atomic mass is 19.1. The van der Waals surface area contributed by atoms with E-state index in [1.54, 1.807) is 17.0 Å². The first-order valence-electron chi connectivity index (χ1n) is 6.50. The van der Waals surface area contributed by atoms with Gasteiger partial charge in [0.05, 0.1) is 12.1 Å². The zero-order valence-corrected chi connectivity index (χ0v) is 11.4. The molecule has 0 aliphatic rings. The van der Waals surface area contributed by atoms with Crippen molar-refractivity contribution in [1.29, 1.82) is 0 Å². The van der Waals surface area contributed by atoms with E-state index in [1.165, 1.54) is 12.1 Å². The van der Waals surface area contributed by atoms with Gasteiger partial charge in [-0.15, -0.1) is 0 Å². The fourth-order valence-electron chi connectivity index (χ4n) is 2.01. The van der Waals surface area contributed by atoms with Crippen molar-refractivity contribution in [3.8, 4) is 0 Å². The highest BCUT2D eigenvalue weighted by molar-refractivity contribution is 5.99. The first-order valence-corrected chi connectivity index (χ1v) is 6.50. The summed E-state index contributed by atoms with van der Waals surface area (Å²) < 4.78 is 39.3. The second-order valence-electron chi connectivity index (χ2n) is 4.54. The van der Waals surface area contributed by atoms with E-state index >= 15 is 0 Å². The normalized spacial score (nSPS) is 10.5. The van der Waals surface area contributed by atoms with Crippen LogP contribution in [0.4, 0.5) is 18.9 Å². The van der Waals surface area contributed by atoms with Crippen LogP contribution in [0.25, 0.3) is 0 Å². The minimum Gasteiger partial charge on any atom is -0.364 e. The van der Waals surface area contributed by atoms with Gasteiger partial charge in [-0.3, -0.25) is 4.79 Å². The van der Waals surface area contributed by atoms with Crippen molar-refractivity contribution in [2.45, 2.75) is 6.92 Å². The smallest absolute Gasteiger partial charge is 0.185 e. The largest absolute Gasteiger partial charge is 0.364 e. The van der Waals surface area contributed by atoms with Crippen LogP contribution in [0.3, 0.4) is 0 Å². The number of carbonyl (C=O) groups is 1. The van der Waals surface area contributed by atoms with Gasteiger partial charge < -0.3 is 4.90 Å². The summed E-state index contributed by atoms with van der Waals surface area (Å²) in [5, 5.41) is 0. The molecule has 0 saturated heterocycles. The van der Waals surface area contributed by atoms with Gasteiger partial charge in [0.15, 0.2) is 5.78 Å². The van der Waals surface area contributed by atoms with Crippen LogP contribution in [0.1, 0.15) is 17.3 Å². The van der Waals surface area contributed by atoms with Crippen molar-refractivity contribution in [2.24, 2.45) is 0 Å². The molecule has 21 heavy (non-hydrogen) atoms. The Morgan fingerprint density at radius 2 is 1.62 bits per heavy atom. The number of hydrogen-bond donors (Lipinski definition) is 0. The van der Waals surface area contributed by atoms with E-state index < -0.39 is 17.4 Å². The maximum atomic E-state index is 13.6.